The zero-order valence-electron chi connectivity index (χ0n) is 10.6. The first-order valence-electron chi connectivity index (χ1n) is 6.46. The van der Waals surface area contributed by atoms with Crippen molar-refractivity contribution in [2.45, 2.75) is 45.1 Å². The molecule has 1 aliphatic carbocycles. The Morgan fingerprint density at radius 3 is 2.82 bits per heavy atom. The van der Waals surface area contributed by atoms with E-state index in [1.807, 2.05) is 18.2 Å². The largest absolute Gasteiger partial charge is 0.389 e. The summed E-state index contributed by atoms with van der Waals surface area (Å²) in [4.78, 5) is 0. The molecule has 94 valence electrons. The summed E-state index contributed by atoms with van der Waals surface area (Å²) in [7, 11) is 0. The third-order valence-corrected chi connectivity index (χ3v) is 4.35. The summed E-state index contributed by atoms with van der Waals surface area (Å²) < 4.78 is 0. The quantitative estimate of drug-likeness (QED) is 0.841. The molecule has 0 aliphatic heterocycles. The number of aliphatic hydroxyl groups is 1. The van der Waals surface area contributed by atoms with Crippen LogP contribution in [0.25, 0.3) is 0 Å². The second-order valence-electron chi connectivity index (χ2n) is 5.70. The van der Waals surface area contributed by atoms with Crippen molar-refractivity contribution in [2.24, 2.45) is 11.8 Å². The van der Waals surface area contributed by atoms with E-state index in [4.69, 9.17) is 11.6 Å². The van der Waals surface area contributed by atoms with Crippen molar-refractivity contribution >= 4 is 11.6 Å². The van der Waals surface area contributed by atoms with Crippen molar-refractivity contribution in [3.05, 3.63) is 34.9 Å². The summed E-state index contributed by atoms with van der Waals surface area (Å²) in [6, 6.07) is 7.85. The minimum Gasteiger partial charge on any atom is -0.389 e. The van der Waals surface area contributed by atoms with Gasteiger partial charge in [0.15, 0.2) is 0 Å². The molecule has 1 aromatic rings. The molecule has 1 fully saturated rings. The van der Waals surface area contributed by atoms with E-state index in [-0.39, 0.29) is 0 Å². The first-order valence-corrected chi connectivity index (χ1v) is 6.84. The van der Waals surface area contributed by atoms with Crippen LogP contribution in [0.5, 0.6) is 0 Å². The van der Waals surface area contributed by atoms with E-state index in [2.05, 4.69) is 19.9 Å². The first kappa shape index (κ1) is 12.9. The third kappa shape index (κ3) is 3.02. The Morgan fingerprint density at radius 1 is 1.35 bits per heavy atom. The van der Waals surface area contributed by atoms with Gasteiger partial charge in [-0.15, -0.1) is 0 Å². The van der Waals surface area contributed by atoms with E-state index < -0.39 is 5.60 Å². The molecule has 0 radical (unpaired) electrons. The molecular weight excluding hydrogens is 232 g/mol. The summed E-state index contributed by atoms with van der Waals surface area (Å²) in [5, 5.41) is 11.6. The highest BCUT2D eigenvalue weighted by atomic mass is 35.5. The average Bonchev–Trinajstić information content (AvgIpc) is 2.24. The highest BCUT2D eigenvalue weighted by molar-refractivity contribution is 6.30. The van der Waals surface area contributed by atoms with Gasteiger partial charge in [0.1, 0.15) is 0 Å². The molecule has 3 atom stereocenters. The molecule has 1 nitrogen and oxygen atoms in total. The molecule has 0 saturated heterocycles. The maximum absolute atomic E-state index is 10.8. The molecular formula is C15H21ClO. The van der Waals surface area contributed by atoms with Crippen molar-refractivity contribution in [3.63, 3.8) is 0 Å². The van der Waals surface area contributed by atoms with Crippen molar-refractivity contribution in [1.29, 1.82) is 0 Å². The lowest BCUT2D eigenvalue weighted by molar-refractivity contribution is -0.0560. The van der Waals surface area contributed by atoms with Gasteiger partial charge < -0.3 is 5.11 Å². The predicted octanol–water partition coefficient (Wildman–Crippen LogP) is 4.07. The number of halogens is 1. The van der Waals surface area contributed by atoms with Crippen molar-refractivity contribution in [3.8, 4) is 0 Å². The Bertz CT molecular complexity index is 390. The molecule has 0 aromatic heterocycles. The van der Waals surface area contributed by atoms with Crippen LogP contribution in [0.3, 0.4) is 0 Å². The highest BCUT2D eigenvalue weighted by Crippen LogP contribution is 2.39. The topological polar surface area (TPSA) is 20.2 Å². The van der Waals surface area contributed by atoms with Crippen LogP contribution in [-0.2, 0) is 6.42 Å². The molecule has 1 aromatic carbocycles. The average molecular weight is 253 g/mol. The lowest BCUT2D eigenvalue weighted by Gasteiger charge is -2.41. The first-order chi connectivity index (χ1) is 7.99. The van der Waals surface area contributed by atoms with Gasteiger partial charge >= 0.3 is 0 Å². The van der Waals surface area contributed by atoms with E-state index in [1.165, 1.54) is 6.42 Å². The Kier molecular flexibility index (Phi) is 3.79. The Morgan fingerprint density at radius 2 is 2.12 bits per heavy atom. The van der Waals surface area contributed by atoms with Gasteiger partial charge in [-0.1, -0.05) is 44.0 Å². The molecule has 1 saturated carbocycles. The molecule has 0 amide bonds. The molecule has 2 heteroatoms. The smallest absolute Gasteiger partial charge is 0.0715 e. The lowest BCUT2D eigenvalue weighted by Crippen LogP contribution is -2.43. The Hall–Kier alpha value is -0.530. The van der Waals surface area contributed by atoms with E-state index in [9.17, 15) is 5.11 Å². The second kappa shape index (κ2) is 4.99. The monoisotopic (exact) mass is 252 g/mol. The minimum absolute atomic E-state index is 0.373. The van der Waals surface area contributed by atoms with Crippen LogP contribution < -0.4 is 0 Å². The van der Waals surface area contributed by atoms with Crippen LogP contribution in [0.15, 0.2) is 24.3 Å². The number of hydrogen-bond donors (Lipinski definition) is 1. The van der Waals surface area contributed by atoms with E-state index in [0.717, 1.165) is 29.8 Å². The molecule has 3 unspecified atom stereocenters. The van der Waals surface area contributed by atoms with Crippen LogP contribution in [0, 0.1) is 11.8 Å². The second-order valence-corrected chi connectivity index (χ2v) is 6.13. The third-order valence-electron chi connectivity index (χ3n) is 4.11. The van der Waals surface area contributed by atoms with Gasteiger partial charge in [0.25, 0.3) is 0 Å². The van der Waals surface area contributed by atoms with Crippen LogP contribution in [-0.4, -0.2) is 10.7 Å². The summed E-state index contributed by atoms with van der Waals surface area (Å²) in [5.74, 6) is 0.994. The van der Waals surface area contributed by atoms with Gasteiger partial charge in [0.05, 0.1) is 5.60 Å². The lowest BCUT2D eigenvalue weighted by atomic mass is 9.69. The van der Waals surface area contributed by atoms with Gasteiger partial charge in [-0.05, 0) is 42.4 Å². The Balaban J connectivity index is 2.15. The van der Waals surface area contributed by atoms with Crippen molar-refractivity contribution in [2.75, 3.05) is 0 Å². The van der Waals surface area contributed by atoms with E-state index in [1.54, 1.807) is 0 Å². The minimum atomic E-state index is -0.553. The van der Waals surface area contributed by atoms with Crippen LogP contribution >= 0.6 is 11.6 Å². The number of rotatable bonds is 2. The summed E-state index contributed by atoms with van der Waals surface area (Å²) in [6.07, 6.45) is 3.98. The van der Waals surface area contributed by atoms with E-state index in [0.29, 0.717) is 11.8 Å². The molecule has 1 aliphatic rings. The molecule has 0 heterocycles. The van der Waals surface area contributed by atoms with Gasteiger partial charge in [0, 0.05) is 11.4 Å². The SMILES string of the molecule is CC1CCC(C)C(O)(Cc2cccc(Cl)c2)C1. The standard InChI is InChI=1S/C15H21ClO/c1-11-6-7-12(2)15(17,9-11)10-13-4-3-5-14(16)8-13/h3-5,8,11-12,17H,6-7,9-10H2,1-2H3. The van der Waals surface area contributed by atoms with E-state index >= 15 is 0 Å². The summed E-state index contributed by atoms with van der Waals surface area (Å²) >= 11 is 5.99. The summed E-state index contributed by atoms with van der Waals surface area (Å²) in [6.45, 7) is 4.39. The van der Waals surface area contributed by atoms with Crippen LogP contribution in [0.1, 0.15) is 38.7 Å². The fourth-order valence-corrected chi connectivity index (χ4v) is 3.17. The van der Waals surface area contributed by atoms with Crippen LogP contribution in [0.4, 0.5) is 0 Å². The van der Waals surface area contributed by atoms with Gasteiger partial charge in [-0.2, -0.15) is 0 Å². The zero-order valence-corrected chi connectivity index (χ0v) is 11.4. The fourth-order valence-electron chi connectivity index (χ4n) is 2.96. The molecule has 0 spiro atoms. The van der Waals surface area contributed by atoms with Crippen LogP contribution in [0.2, 0.25) is 5.02 Å². The predicted molar refractivity (Wildman–Crippen MR) is 72.3 cm³/mol. The Labute approximate surface area is 109 Å². The van der Waals surface area contributed by atoms with Crippen molar-refractivity contribution < 1.29 is 5.11 Å². The fraction of sp³-hybridized carbons (Fsp3) is 0.600. The van der Waals surface area contributed by atoms with Gasteiger partial charge in [-0.25, -0.2) is 0 Å². The molecule has 1 N–H and O–H groups in total. The van der Waals surface area contributed by atoms with Crippen molar-refractivity contribution in [1.82, 2.24) is 0 Å². The zero-order chi connectivity index (χ0) is 12.5. The highest BCUT2D eigenvalue weighted by Gasteiger charge is 2.38. The maximum atomic E-state index is 10.8. The number of hydrogen-bond acceptors (Lipinski definition) is 1. The molecule has 2 rings (SSSR count). The number of benzene rings is 1. The molecule has 17 heavy (non-hydrogen) atoms. The van der Waals surface area contributed by atoms with Gasteiger partial charge in [-0.3, -0.25) is 0 Å². The summed E-state index contributed by atoms with van der Waals surface area (Å²) in [5.41, 5.74) is 0.587. The molecule has 0 bridgehead atoms. The normalized spacial score (nSPS) is 33.6. The van der Waals surface area contributed by atoms with Gasteiger partial charge in [0.2, 0.25) is 0 Å². The maximum Gasteiger partial charge on any atom is 0.0715 e.